The minimum atomic E-state index is 0.485. The van der Waals surface area contributed by atoms with E-state index in [4.69, 9.17) is 11.0 Å². The topological polar surface area (TPSA) is 53.0 Å². The molecular weight excluding hydrogens is 234 g/mol. The lowest BCUT2D eigenvalue weighted by Gasteiger charge is -2.26. The molecule has 3 heteroatoms. The molecule has 0 fully saturated rings. The fraction of sp³-hybridized carbons (Fsp3) is 0.188. The van der Waals surface area contributed by atoms with Gasteiger partial charge in [-0.3, -0.25) is 0 Å². The van der Waals surface area contributed by atoms with Crippen LogP contribution >= 0.6 is 0 Å². The highest BCUT2D eigenvalue weighted by atomic mass is 15.1. The van der Waals surface area contributed by atoms with Crippen molar-refractivity contribution in [3.05, 3.63) is 54.1 Å². The lowest BCUT2D eigenvalue weighted by atomic mass is 10.1. The molecule has 96 valence electrons. The number of nitriles is 1. The Hall–Kier alpha value is -2.47. The predicted molar refractivity (Wildman–Crippen MR) is 79.3 cm³/mol. The van der Waals surface area contributed by atoms with Gasteiger partial charge < -0.3 is 10.6 Å². The van der Waals surface area contributed by atoms with Crippen molar-refractivity contribution < 1.29 is 0 Å². The van der Waals surface area contributed by atoms with Gasteiger partial charge in [0.15, 0.2) is 0 Å². The molecule has 3 nitrogen and oxygen atoms in total. The van der Waals surface area contributed by atoms with Gasteiger partial charge in [-0.25, -0.2) is 0 Å². The van der Waals surface area contributed by atoms with Crippen LogP contribution < -0.4 is 10.6 Å². The number of nitrogen functional groups attached to an aromatic ring is 1. The molecule has 0 aliphatic rings. The minimum absolute atomic E-state index is 0.485. The third kappa shape index (κ3) is 3.05. The van der Waals surface area contributed by atoms with Crippen LogP contribution in [-0.2, 0) is 0 Å². The Morgan fingerprint density at radius 2 is 1.89 bits per heavy atom. The van der Waals surface area contributed by atoms with Crippen LogP contribution in [0.4, 0.5) is 17.1 Å². The third-order valence-electron chi connectivity index (χ3n) is 3.03. The van der Waals surface area contributed by atoms with E-state index in [0.29, 0.717) is 13.0 Å². The lowest BCUT2D eigenvalue weighted by molar-refractivity contribution is 0.943. The second-order valence-electron chi connectivity index (χ2n) is 4.44. The Morgan fingerprint density at radius 3 is 2.53 bits per heavy atom. The minimum Gasteiger partial charge on any atom is -0.399 e. The summed E-state index contributed by atoms with van der Waals surface area (Å²) >= 11 is 0. The Balaban J connectivity index is 2.40. The molecule has 0 aromatic heterocycles. The molecule has 0 amide bonds. The van der Waals surface area contributed by atoms with Crippen molar-refractivity contribution >= 4 is 17.1 Å². The van der Waals surface area contributed by atoms with Gasteiger partial charge in [0.2, 0.25) is 0 Å². The van der Waals surface area contributed by atoms with Crippen LogP contribution in [0.2, 0.25) is 0 Å². The summed E-state index contributed by atoms with van der Waals surface area (Å²) in [6.45, 7) is 2.71. The van der Waals surface area contributed by atoms with Crippen LogP contribution in [0, 0.1) is 18.3 Å². The van der Waals surface area contributed by atoms with Gasteiger partial charge >= 0.3 is 0 Å². The van der Waals surface area contributed by atoms with Gasteiger partial charge in [0.1, 0.15) is 0 Å². The monoisotopic (exact) mass is 251 g/mol. The van der Waals surface area contributed by atoms with Crippen molar-refractivity contribution in [3.8, 4) is 6.07 Å². The molecule has 0 spiro atoms. The molecule has 0 saturated carbocycles. The molecule has 0 heterocycles. The predicted octanol–water partition coefficient (Wildman–Crippen LogP) is 3.63. The molecular formula is C16H17N3. The fourth-order valence-corrected chi connectivity index (χ4v) is 2.14. The van der Waals surface area contributed by atoms with E-state index in [1.807, 2.05) is 55.5 Å². The van der Waals surface area contributed by atoms with Crippen molar-refractivity contribution in [1.29, 1.82) is 5.26 Å². The normalized spacial score (nSPS) is 9.89. The standard InChI is InChI=1S/C16H17N3/c1-13-12-14(18)8-9-16(13)19(11-5-10-17)15-6-3-2-4-7-15/h2-4,6-9,12H,5,11,18H2,1H3. The van der Waals surface area contributed by atoms with E-state index in [2.05, 4.69) is 11.0 Å². The van der Waals surface area contributed by atoms with Gasteiger partial charge in [-0.1, -0.05) is 18.2 Å². The maximum Gasteiger partial charge on any atom is 0.0640 e. The number of para-hydroxylation sites is 1. The van der Waals surface area contributed by atoms with E-state index in [0.717, 1.165) is 22.6 Å². The first kappa shape index (κ1) is 13.0. The Labute approximate surface area is 113 Å². The van der Waals surface area contributed by atoms with Gasteiger partial charge in [0, 0.05) is 23.6 Å². The smallest absolute Gasteiger partial charge is 0.0640 e. The van der Waals surface area contributed by atoms with Crippen LogP contribution in [0.3, 0.4) is 0 Å². The van der Waals surface area contributed by atoms with E-state index in [-0.39, 0.29) is 0 Å². The second kappa shape index (κ2) is 5.92. The average molecular weight is 251 g/mol. The van der Waals surface area contributed by atoms with Crippen molar-refractivity contribution in [1.82, 2.24) is 0 Å². The van der Waals surface area contributed by atoms with E-state index in [1.54, 1.807) is 0 Å². The molecule has 0 aliphatic carbocycles. The summed E-state index contributed by atoms with van der Waals surface area (Å²) in [5.74, 6) is 0. The molecule has 0 saturated heterocycles. The first-order chi connectivity index (χ1) is 9.22. The summed E-state index contributed by atoms with van der Waals surface area (Å²) in [4.78, 5) is 2.15. The average Bonchev–Trinajstić information content (AvgIpc) is 2.42. The summed E-state index contributed by atoms with van der Waals surface area (Å²) in [6.07, 6.45) is 0.485. The molecule has 2 aromatic carbocycles. The molecule has 0 bridgehead atoms. The fourth-order valence-electron chi connectivity index (χ4n) is 2.14. The summed E-state index contributed by atoms with van der Waals surface area (Å²) < 4.78 is 0. The number of anilines is 3. The lowest BCUT2D eigenvalue weighted by Crippen LogP contribution is -2.19. The third-order valence-corrected chi connectivity index (χ3v) is 3.03. The van der Waals surface area contributed by atoms with E-state index in [1.165, 1.54) is 0 Å². The quantitative estimate of drug-likeness (QED) is 0.844. The molecule has 2 aromatic rings. The first-order valence-corrected chi connectivity index (χ1v) is 6.28. The summed E-state index contributed by atoms with van der Waals surface area (Å²) in [7, 11) is 0. The summed E-state index contributed by atoms with van der Waals surface area (Å²) in [5.41, 5.74) is 9.85. The maximum atomic E-state index is 8.83. The van der Waals surface area contributed by atoms with Crippen LogP contribution in [0.5, 0.6) is 0 Å². The Bertz CT molecular complexity index is 585. The molecule has 2 N–H and O–H groups in total. The number of nitrogens with zero attached hydrogens (tertiary/aromatic N) is 2. The maximum absolute atomic E-state index is 8.83. The zero-order chi connectivity index (χ0) is 13.7. The number of benzene rings is 2. The molecule has 0 aliphatic heterocycles. The highest BCUT2D eigenvalue weighted by Crippen LogP contribution is 2.29. The van der Waals surface area contributed by atoms with Crippen molar-refractivity contribution in [2.24, 2.45) is 0 Å². The number of aryl methyl sites for hydroxylation is 1. The van der Waals surface area contributed by atoms with Crippen LogP contribution in [0.25, 0.3) is 0 Å². The van der Waals surface area contributed by atoms with Gasteiger partial charge in [-0.2, -0.15) is 5.26 Å². The highest BCUT2D eigenvalue weighted by Gasteiger charge is 2.11. The zero-order valence-electron chi connectivity index (χ0n) is 11.0. The van der Waals surface area contributed by atoms with Gasteiger partial charge in [0.25, 0.3) is 0 Å². The summed E-state index contributed by atoms with van der Waals surface area (Å²) in [6, 6.07) is 18.1. The Kier molecular flexibility index (Phi) is 4.04. The number of nitrogens with two attached hydrogens (primary N) is 1. The Morgan fingerprint density at radius 1 is 1.16 bits per heavy atom. The van der Waals surface area contributed by atoms with Crippen molar-refractivity contribution in [2.45, 2.75) is 13.3 Å². The molecule has 0 atom stereocenters. The first-order valence-electron chi connectivity index (χ1n) is 6.28. The molecule has 2 rings (SSSR count). The highest BCUT2D eigenvalue weighted by molar-refractivity contribution is 5.68. The number of hydrogen-bond donors (Lipinski definition) is 1. The second-order valence-corrected chi connectivity index (χ2v) is 4.44. The van der Waals surface area contributed by atoms with E-state index < -0.39 is 0 Å². The van der Waals surface area contributed by atoms with E-state index in [9.17, 15) is 0 Å². The van der Waals surface area contributed by atoms with Gasteiger partial charge in [-0.15, -0.1) is 0 Å². The largest absolute Gasteiger partial charge is 0.399 e. The molecule has 0 radical (unpaired) electrons. The number of hydrogen-bond acceptors (Lipinski definition) is 3. The van der Waals surface area contributed by atoms with Crippen LogP contribution in [0.1, 0.15) is 12.0 Å². The number of rotatable bonds is 4. The molecule has 19 heavy (non-hydrogen) atoms. The van der Waals surface area contributed by atoms with Gasteiger partial charge in [0.05, 0.1) is 12.5 Å². The summed E-state index contributed by atoms with van der Waals surface area (Å²) in [5, 5.41) is 8.83. The van der Waals surface area contributed by atoms with Crippen LogP contribution in [-0.4, -0.2) is 6.54 Å². The van der Waals surface area contributed by atoms with Crippen molar-refractivity contribution in [2.75, 3.05) is 17.2 Å². The van der Waals surface area contributed by atoms with Crippen molar-refractivity contribution in [3.63, 3.8) is 0 Å². The van der Waals surface area contributed by atoms with Gasteiger partial charge in [-0.05, 0) is 42.8 Å². The zero-order valence-corrected chi connectivity index (χ0v) is 11.0. The van der Waals surface area contributed by atoms with E-state index >= 15 is 0 Å². The SMILES string of the molecule is Cc1cc(N)ccc1N(CCC#N)c1ccccc1. The van der Waals surface area contributed by atoms with Crippen LogP contribution in [0.15, 0.2) is 48.5 Å². The molecule has 0 unspecified atom stereocenters.